The molecular formula is C6H16N2O3. The van der Waals surface area contributed by atoms with Crippen molar-refractivity contribution in [2.24, 2.45) is 0 Å². The Hall–Kier alpha value is -0.650. The third-order valence-corrected chi connectivity index (χ3v) is 1.00. The topological polar surface area (TPSA) is 105 Å². The predicted octanol–water partition coefficient (Wildman–Crippen LogP) is -0.971. The Bertz CT molecular complexity index is 87.8. The zero-order chi connectivity index (χ0) is 7.82. The molecule has 0 radical (unpaired) electrons. The summed E-state index contributed by atoms with van der Waals surface area (Å²) in [6, 6.07) is 0. The summed E-state index contributed by atoms with van der Waals surface area (Å²) in [7, 11) is 0. The van der Waals surface area contributed by atoms with Gasteiger partial charge in [-0.15, -0.1) is 0 Å². The minimum absolute atomic E-state index is 0. The molecule has 1 heterocycles. The third kappa shape index (κ3) is 9.35. The molecule has 0 aromatic carbocycles. The van der Waals surface area contributed by atoms with Gasteiger partial charge in [-0.1, -0.05) is 0 Å². The average molecular weight is 164 g/mol. The Morgan fingerprint density at radius 3 is 2.00 bits per heavy atom. The van der Waals surface area contributed by atoms with Gasteiger partial charge < -0.3 is 21.7 Å². The monoisotopic (exact) mass is 164 g/mol. The SMILES string of the molecule is N.O=C1CCCN1.OCCO. The molecule has 6 N–H and O–H groups in total. The first-order valence-electron chi connectivity index (χ1n) is 3.29. The summed E-state index contributed by atoms with van der Waals surface area (Å²) in [5.41, 5.74) is 0. The molecule has 0 aromatic rings. The molecule has 1 fully saturated rings. The maximum absolute atomic E-state index is 10.1. The van der Waals surface area contributed by atoms with Crippen molar-refractivity contribution >= 4 is 5.91 Å². The van der Waals surface area contributed by atoms with Crippen LogP contribution in [0, 0.1) is 0 Å². The lowest BCUT2D eigenvalue weighted by Crippen LogP contribution is -2.12. The van der Waals surface area contributed by atoms with E-state index in [1.165, 1.54) is 0 Å². The summed E-state index contributed by atoms with van der Waals surface area (Å²) in [4.78, 5) is 10.1. The van der Waals surface area contributed by atoms with Crippen LogP contribution in [0.1, 0.15) is 12.8 Å². The van der Waals surface area contributed by atoms with E-state index in [0.29, 0.717) is 0 Å². The van der Waals surface area contributed by atoms with Crippen LogP contribution in [0.15, 0.2) is 0 Å². The highest BCUT2D eigenvalue weighted by Crippen LogP contribution is 1.93. The van der Waals surface area contributed by atoms with Crippen LogP contribution in [0.4, 0.5) is 0 Å². The van der Waals surface area contributed by atoms with Gasteiger partial charge >= 0.3 is 0 Å². The summed E-state index contributed by atoms with van der Waals surface area (Å²) < 4.78 is 0. The molecule has 1 rings (SSSR count). The fourth-order valence-electron chi connectivity index (χ4n) is 0.565. The first kappa shape index (κ1) is 13.0. The molecule has 1 aliphatic heterocycles. The second-order valence-electron chi connectivity index (χ2n) is 1.90. The molecule has 5 nitrogen and oxygen atoms in total. The number of hydrogen-bond acceptors (Lipinski definition) is 4. The molecule has 0 aromatic heterocycles. The van der Waals surface area contributed by atoms with Crippen LogP contribution in [0.3, 0.4) is 0 Å². The second kappa shape index (κ2) is 9.35. The minimum atomic E-state index is -0.125. The molecule has 0 bridgehead atoms. The van der Waals surface area contributed by atoms with Crippen molar-refractivity contribution in [3.63, 3.8) is 0 Å². The normalized spacial score (nSPS) is 14.2. The van der Waals surface area contributed by atoms with Crippen LogP contribution in [-0.2, 0) is 4.79 Å². The fraction of sp³-hybridized carbons (Fsp3) is 0.833. The third-order valence-electron chi connectivity index (χ3n) is 1.00. The number of amides is 1. The van der Waals surface area contributed by atoms with Crippen LogP contribution in [0.25, 0.3) is 0 Å². The Kier molecular flexibility index (Phi) is 11.0. The lowest BCUT2D eigenvalue weighted by Gasteiger charge is -1.80. The molecule has 11 heavy (non-hydrogen) atoms. The minimum Gasteiger partial charge on any atom is -0.394 e. The molecule has 68 valence electrons. The first-order chi connectivity index (χ1) is 4.81. The van der Waals surface area contributed by atoms with Crippen molar-refractivity contribution in [3.05, 3.63) is 0 Å². The molecule has 1 saturated heterocycles. The predicted molar refractivity (Wildman–Crippen MR) is 41.4 cm³/mol. The van der Waals surface area contributed by atoms with Crippen LogP contribution in [0.5, 0.6) is 0 Å². The van der Waals surface area contributed by atoms with Gasteiger partial charge in [0.1, 0.15) is 0 Å². The highest BCUT2D eigenvalue weighted by atomic mass is 16.3. The van der Waals surface area contributed by atoms with E-state index in [1.54, 1.807) is 0 Å². The summed E-state index contributed by atoms with van der Waals surface area (Å²) in [6.07, 6.45) is 1.76. The molecule has 0 aliphatic carbocycles. The smallest absolute Gasteiger partial charge is 0.220 e. The van der Waals surface area contributed by atoms with Crippen molar-refractivity contribution in [1.82, 2.24) is 11.5 Å². The Balaban J connectivity index is 0. The Labute approximate surface area is 66.0 Å². The maximum Gasteiger partial charge on any atom is 0.220 e. The van der Waals surface area contributed by atoms with E-state index in [9.17, 15) is 4.79 Å². The van der Waals surface area contributed by atoms with Crippen LogP contribution in [-0.4, -0.2) is 35.9 Å². The lowest BCUT2D eigenvalue weighted by atomic mass is 10.4. The zero-order valence-corrected chi connectivity index (χ0v) is 6.55. The van der Waals surface area contributed by atoms with Gasteiger partial charge in [0, 0.05) is 13.0 Å². The summed E-state index contributed by atoms with van der Waals surface area (Å²) in [5, 5.41) is 17.9. The summed E-state index contributed by atoms with van der Waals surface area (Å²) in [5.74, 6) is 0.204. The number of carbonyl (C=O) groups is 1. The van der Waals surface area contributed by atoms with Gasteiger partial charge in [0.2, 0.25) is 5.91 Å². The van der Waals surface area contributed by atoms with Gasteiger partial charge in [0.05, 0.1) is 13.2 Å². The number of rotatable bonds is 1. The van der Waals surface area contributed by atoms with Crippen molar-refractivity contribution < 1.29 is 15.0 Å². The lowest BCUT2D eigenvalue weighted by molar-refractivity contribution is -0.119. The Morgan fingerprint density at radius 1 is 1.36 bits per heavy atom. The van der Waals surface area contributed by atoms with Gasteiger partial charge in [-0.2, -0.15) is 0 Å². The van der Waals surface area contributed by atoms with Crippen molar-refractivity contribution in [3.8, 4) is 0 Å². The van der Waals surface area contributed by atoms with Gasteiger partial charge in [-0.3, -0.25) is 4.79 Å². The fourth-order valence-corrected chi connectivity index (χ4v) is 0.565. The standard InChI is InChI=1S/C4H7NO.C2H6O2.H3N/c6-4-2-1-3-5-4;3-1-2-4;/h1-3H2,(H,5,6);3-4H,1-2H2;1H3. The van der Waals surface area contributed by atoms with E-state index in [0.717, 1.165) is 19.4 Å². The summed E-state index contributed by atoms with van der Waals surface area (Å²) >= 11 is 0. The van der Waals surface area contributed by atoms with E-state index in [-0.39, 0.29) is 25.3 Å². The van der Waals surface area contributed by atoms with Crippen molar-refractivity contribution in [2.75, 3.05) is 19.8 Å². The quantitative estimate of drug-likeness (QED) is 0.400. The highest BCUT2D eigenvalue weighted by Gasteiger charge is 2.05. The second-order valence-corrected chi connectivity index (χ2v) is 1.90. The molecule has 1 aliphatic rings. The number of aliphatic hydroxyl groups excluding tert-OH is 2. The highest BCUT2D eigenvalue weighted by molar-refractivity contribution is 5.77. The maximum atomic E-state index is 10.1. The number of hydrogen-bond donors (Lipinski definition) is 4. The van der Waals surface area contributed by atoms with E-state index >= 15 is 0 Å². The van der Waals surface area contributed by atoms with Crippen LogP contribution >= 0.6 is 0 Å². The number of nitrogens with one attached hydrogen (secondary N) is 1. The van der Waals surface area contributed by atoms with Gasteiger partial charge in [-0.25, -0.2) is 0 Å². The van der Waals surface area contributed by atoms with Gasteiger partial charge in [0.25, 0.3) is 0 Å². The van der Waals surface area contributed by atoms with E-state index in [1.807, 2.05) is 0 Å². The van der Waals surface area contributed by atoms with Crippen LogP contribution < -0.4 is 11.5 Å². The van der Waals surface area contributed by atoms with E-state index in [2.05, 4.69) is 5.32 Å². The van der Waals surface area contributed by atoms with E-state index in [4.69, 9.17) is 10.2 Å². The molecule has 0 atom stereocenters. The molecule has 0 saturated carbocycles. The van der Waals surface area contributed by atoms with E-state index < -0.39 is 0 Å². The Morgan fingerprint density at radius 2 is 1.91 bits per heavy atom. The number of aliphatic hydroxyl groups is 2. The van der Waals surface area contributed by atoms with Crippen LogP contribution in [0.2, 0.25) is 0 Å². The number of carbonyl (C=O) groups excluding carboxylic acids is 1. The summed E-state index contributed by atoms with van der Waals surface area (Å²) in [6.45, 7) is 0.638. The average Bonchev–Trinajstić information content (AvgIpc) is 2.40. The molecule has 1 amide bonds. The van der Waals surface area contributed by atoms with Gasteiger partial charge in [0.15, 0.2) is 0 Å². The molecule has 0 spiro atoms. The van der Waals surface area contributed by atoms with Gasteiger partial charge in [-0.05, 0) is 6.42 Å². The first-order valence-corrected chi connectivity index (χ1v) is 3.29. The zero-order valence-electron chi connectivity index (χ0n) is 6.55. The molecule has 5 heteroatoms. The van der Waals surface area contributed by atoms with Crippen molar-refractivity contribution in [1.29, 1.82) is 0 Å². The molecule has 0 unspecified atom stereocenters. The molecular weight excluding hydrogens is 148 g/mol. The largest absolute Gasteiger partial charge is 0.394 e. The van der Waals surface area contributed by atoms with Crippen molar-refractivity contribution in [2.45, 2.75) is 12.8 Å².